The van der Waals surface area contributed by atoms with Gasteiger partial charge in [0.1, 0.15) is 30.1 Å². The summed E-state index contributed by atoms with van der Waals surface area (Å²) in [6.45, 7) is 10.9. The topological polar surface area (TPSA) is 77.9 Å². The highest BCUT2D eigenvalue weighted by Crippen LogP contribution is 2.39. The van der Waals surface area contributed by atoms with Gasteiger partial charge in [0.25, 0.3) is 0 Å². The molecule has 6 rings (SSSR count). The average Bonchev–Trinajstić information content (AvgIpc) is 3.62. The Bertz CT molecular complexity index is 1370. The minimum atomic E-state index is -1.11. The molecule has 2 saturated heterocycles. The second kappa shape index (κ2) is 12.2. The maximum atomic E-state index is 11.6. The Balaban J connectivity index is 1.02. The van der Waals surface area contributed by atoms with Gasteiger partial charge in [-0.1, -0.05) is 25.7 Å². The van der Waals surface area contributed by atoms with Gasteiger partial charge in [0.2, 0.25) is 5.91 Å². The van der Waals surface area contributed by atoms with E-state index in [0.29, 0.717) is 24.9 Å². The number of amides is 1. The van der Waals surface area contributed by atoms with E-state index >= 15 is 0 Å². The van der Waals surface area contributed by atoms with E-state index in [1.165, 1.54) is 18.4 Å². The van der Waals surface area contributed by atoms with Crippen molar-refractivity contribution in [1.82, 2.24) is 20.0 Å². The lowest BCUT2D eigenvalue weighted by Gasteiger charge is -2.40. The van der Waals surface area contributed by atoms with Crippen LogP contribution in [0.25, 0.3) is 11.3 Å². The van der Waals surface area contributed by atoms with Crippen molar-refractivity contribution in [1.29, 1.82) is 0 Å². The van der Waals surface area contributed by atoms with Gasteiger partial charge in [-0.3, -0.25) is 9.69 Å². The van der Waals surface area contributed by atoms with Crippen LogP contribution in [0.2, 0.25) is 25.7 Å². The number of ether oxygens (including phenoxy) is 3. The highest BCUT2D eigenvalue weighted by Gasteiger charge is 2.42. The molecule has 224 valence electrons. The highest BCUT2D eigenvalue weighted by atomic mass is 28.3. The van der Waals surface area contributed by atoms with E-state index in [-0.39, 0.29) is 12.0 Å². The van der Waals surface area contributed by atoms with Gasteiger partial charge in [0, 0.05) is 70.5 Å². The van der Waals surface area contributed by atoms with Crippen LogP contribution in [0.3, 0.4) is 0 Å². The quantitative estimate of drug-likeness (QED) is 0.216. The number of aromatic nitrogens is 2. The SMILES string of the molecule is CC(=O)NC1CC2CCC(C1)N2CC1Cc2ccc(Oc3ccc(-c4ccnn4COCC[Si](C)(C)C)cc3)cc2O1. The molecule has 3 aliphatic rings. The number of nitrogens with one attached hydrogen (secondary N) is 1. The van der Waals surface area contributed by atoms with Crippen LogP contribution in [-0.2, 0) is 22.7 Å². The van der Waals surface area contributed by atoms with Crippen LogP contribution >= 0.6 is 0 Å². The average molecular weight is 589 g/mol. The first-order valence-corrected chi connectivity index (χ1v) is 19.1. The molecule has 2 fully saturated rings. The van der Waals surface area contributed by atoms with Gasteiger partial charge in [-0.25, -0.2) is 4.68 Å². The minimum absolute atomic E-state index is 0.0810. The Kier molecular flexibility index (Phi) is 8.43. The summed E-state index contributed by atoms with van der Waals surface area (Å²) in [6.07, 6.45) is 7.41. The number of benzene rings is 2. The maximum absolute atomic E-state index is 11.6. The predicted octanol–water partition coefficient (Wildman–Crippen LogP) is 6.09. The fourth-order valence-corrected chi connectivity index (χ4v) is 7.45. The molecule has 0 spiro atoms. The molecular formula is C33H44N4O4Si. The summed E-state index contributed by atoms with van der Waals surface area (Å²) in [5, 5.41) is 7.60. The zero-order valence-corrected chi connectivity index (χ0v) is 26.3. The number of piperidine rings is 1. The summed E-state index contributed by atoms with van der Waals surface area (Å²) in [5.41, 5.74) is 3.34. The highest BCUT2D eigenvalue weighted by molar-refractivity contribution is 6.76. The molecule has 3 aliphatic heterocycles. The third-order valence-electron chi connectivity index (χ3n) is 8.80. The molecule has 0 radical (unpaired) electrons. The van der Waals surface area contributed by atoms with Gasteiger partial charge in [-0.2, -0.15) is 5.10 Å². The molecule has 2 bridgehead atoms. The lowest BCUT2D eigenvalue weighted by molar-refractivity contribution is -0.120. The maximum Gasteiger partial charge on any atom is 0.217 e. The van der Waals surface area contributed by atoms with E-state index in [9.17, 15) is 4.79 Å². The van der Waals surface area contributed by atoms with Crippen LogP contribution in [0.1, 0.15) is 38.2 Å². The third-order valence-corrected chi connectivity index (χ3v) is 10.5. The molecule has 1 amide bonds. The number of nitrogens with zero attached hydrogens (tertiary/aromatic N) is 3. The van der Waals surface area contributed by atoms with Gasteiger partial charge < -0.3 is 19.5 Å². The molecule has 3 unspecified atom stereocenters. The molecule has 4 heterocycles. The van der Waals surface area contributed by atoms with Gasteiger partial charge in [-0.05, 0) is 73.7 Å². The molecule has 1 N–H and O–H groups in total. The monoisotopic (exact) mass is 588 g/mol. The van der Waals surface area contributed by atoms with Gasteiger partial charge in [0.15, 0.2) is 0 Å². The van der Waals surface area contributed by atoms with Gasteiger partial charge in [-0.15, -0.1) is 0 Å². The van der Waals surface area contributed by atoms with Crippen LogP contribution in [0.4, 0.5) is 0 Å². The number of carbonyl (C=O) groups excluding carboxylic acids is 1. The summed E-state index contributed by atoms with van der Waals surface area (Å²) >= 11 is 0. The number of carbonyl (C=O) groups is 1. The van der Waals surface area contributed by atoms with E-state index in [1.807, 2.05) is 41.2 Å². The summed E-state index contributed by atoms with van der Waals surface area (Å²) in [6, 6.07) is 18.9. The third kappa shape index (κ3) is 6.90. The van der Waals surface area contributed by atoms with Crippen molar-refractivity contribution < 1.29 is 19.0 Å². The first-order chi connectivity index (χ1) is 20.2. The lowest BCUT2D eigenvalue weighted by atomic mass is 9.96. The van der Waals surface area contributed by atoms with Crippen molar-refractivity contribution in [3.8, 4) is 28.5 Å². The molecule has 1 aromatic heterocycles. The molecule has 3 atom stereocenters. The minimum Gasteiger partial charge on any atom is -0.488 e. The summed E-state index contributed by atoms with van der Waals surface area (Å²) in [5.74, 6) is 2.56. The Morgan fingerprint density at radius 2 is 1.79 bits per heavy atom. The molecule has 0 aliphatic carbocycles. The zero-order chi connectivity index (χ0) is 29.3. The Morgan fingerprint density at radius 3 is 2.50 bits per heavy atom. The van der Waals surface area contributed by atoms with Gasteiger partial charge >= 0.3 is 0 Å². The summed E-state index contributed by atoms with van der Waals surface area (Å²) < 4.78 is 20.5. The fourth-order valence-electron chi connectivity index (χ4n) is 6.70. The largest absolute Gasteiger partial charge is 0.488 e. The fraction of sp³-hybridized carbons (Fsp3) is 0.515. The number of hydrogen-bond donors (Lipinski definition) is 1. The first kappa shape index (κ1) is 29.0. The zero-order valence-electron chi connectivity index (χ0n) is 25.3. The molecule has 9 heteroatoms. The van der Waals surface area contributed by atoms with Gasteiger partial charge in [0.05, 0.1) is 5.69 Å². The molecule has 42 heavy (non-hydrogen) atoms. The van der Waals surface area contributed by atoms with Crippen molar-refractivity contribution in [3.05, 3.63) is 60.3 Å². The molecule has 0 saturated carbocycles. The Labute approximate surface area is 250 Å². The predicted molar refractivity (Wildman–Crippen MR) is 167 cm³/mol. The smallest absolute Gasteiger partial charge is 0.217 e. The van der Waals surface area contributed by atoms with Crippen molar-refractivity contribution in [2.75, 3.05) is 13.2 Å². The van der Waals surface area contributed by atoms with Crippen LogP contribution in [0, 0.1) is 0 Å². The number of fused-ring (bicyclic) bond motifs is 3. The van der Waals surface area contributed by atoms with E-state index in [0.717, 1.165) is 67.0 Å². The van der Waals surface area contributed by atoms with E-state index in [2.05, 4.69) is 53.2 Å². The van der Waals surface area contributed by atoms with E-state index in [1.54, 1.807) is 6.92 Å². The van der Waals surface area contributed by atoms with Crippen molar-refractivity contribution in [2.45, 2.75) is 95.7 Å². The standard InChI is InChI=1S/C33H44N4O4Si/c1-23(38)35-26-18-27-8-9-28(19-26)36(27)21-31-17-25-7-12-30(20-33(25)41-31)40-29-10-5-24(6-11-29)32-13-14-34-37(32)22-39-15-16-42(2,3)4/h5-7,10-14,20,26-28,31H,8-9,15-19,21-22H2,1-4H3,(H,35,38). The second-order valence-electron chi connectivity index (χ2n) is 13.4. The van der Waals surface area contributed by atoms with E-state index < -0.39 is 8.07 Å². The summed E-state index contributed by atoms with van der Waals surface area (Å²) in [4.78, 5) is 14.2. The van der Waals surface area contributed by atoms with Crippen LogP contribution < -0.4 is 14.8 Å². The molecule has 3 aromatic rings. The van der Waals surface area contributed by atoms with Crippen molar-refractivity contribution in [2.24, 2.45) is 0 Å². The summed E-state index contributed by atoms with van der Waals surface area (Å²) in [7, 11) is -1.11. The van der Waals surface area contributed by atoms with Crippen molar-refractivity contribution >= 4 is 14.0 Å². The Morgan fingerprint density at radius 1 is 1.05 bits per heavy atom. The number of rotatable bonds is 11. The molecule has 8 nitrogen and oxygen atoms in total. The van der Waals surface area contributed by atoms with Crippen LogP contribution in [0.15, 0.2) is 54.7 Å². The lowest BCUT2D eigenvalue weighted by Crippen LogP contribution is -2.52. The molecule has 2 aromatic carbocycles. The molecular weight excluding hydrogens is 544 g/mol. The first-order valence-electron chi connectivity index (χ1n) is 15.4. The van der Waals surface area contributed by atoms with Crippen LogP contribution in [-0.4, -0.2) is 66.0 Å². The normalized spacial score (nSPS) is 23.4. The number of hydrogen-bond acceptors (Lipinski definition) is 6. The Hall–Kier alpha value is -3.14. The van der Waals surface area contributed by atoms with Crippen LogP contribution in [0.5, 0.6) is 17.2 Å². The van der Waals surface area contributed by atoms with Crippen molar-refractivity contribution in [3.63, 3.8) is 0 Å². The second-order valence-corrected chi connectivity index (χ2v) is 19.0. The van der Waals surface area contributed by atoms with E-state index in [4.69, 9.17) is 14.2 Å².